The second-order valence-corrected chi connectivity index (χ2v) is 26.1. The van der Waals surface area contributed by atoms with Crippen molar-refractivity contribution >= 4 is 76.6 Å². The summed E-state index contributed by atoms with van der Waals surface area (Å²) in [5, 5.41) is 116. The number of rotatable bonds is 12. The van der Waals surface area contributed by atoms with Crippen LogP contribution < -0.4 is 57.3 Å². The van der Waals surface area contributed by atoms with Gasteiger partial charge < -0.3 is 107 Å². The van der Waals surface area contributed by atoms with Crippen molar-refractivity contribution < 1.29 is 118 Å². The lowest BCUT2D eigenvalue weighted by molar-refractivity contribution is -0.277. The van der Waals surface area contributed by atoms with E-state index in [0.717, 1.165) is 84.8 Å². The van der Waals surface area contributed by atoms with E-state index in [4.69, 9.17) is 57.5 Å². The fourth-order valence-electron chi connectivity index (χ4n) is 11.4. The first kappa shape index (κ1) is 74.4. The number of ether oxygens (including phenoxy) is 5. The van der Waals surface area contributed by atoms with Crippen molar-refractivity contribution in [3.63, 3.8) is 0 Å². The third-order valence-electron chi connectivity index (χ3n) is 16.4. The average molecular weight is 1440 g/mol. The van der Waals surface area contributed by atoms with Gasteiger partial charge in [0.15, 0.2) is 11.5 Å². The zero-order valence-electron chi connectivity index (χ0n) is 54.2. The van der Waals surface area contributed by atoms with Gasteiger partial charge in [-0.05, 0) is 116 Å². The maximum atomic E-state index is 15.9. The third kappa shape index (κ3) is 16.2. The van der Waals surface area contributed by atoms with Crippen LogP contribution >= 0.6 is 23.2 Å². The first-order valence-corrected chi connectivity index (χ1v) is 31.6. The van der Waals surface area contributed by atoms with Gasteiger partial charge in [-0.2, -0.15) is 0 Å². The third-order valence-corrected chi connectivity index (χ3v) is 17.0. The van der Waals surface area contributed by atoms with Gasteiger partial charge in [0.2, 0.25) is 53.4 Å². The van der Waals surface area contributed by atoms with Gasteiger partial charge in [-0.1, -0.05) is 55.2 Å². The summed E-state index contributed by atoms with van der Waals surface area (Å²) in [6.45, 7) is 7.25. The highest BCUT2D eigenvalue weighted by Crippen LogP contribution is 2.49. The van der Waals surface area contributed by atoms with E-state index < -0.39 is 230 Å². The second kappa shape index (κ2) is 30.3. The van der Waals surface area contributed by atoms with Crippen LogP contribution in [0.4, 0.5) is 4.79 Å². The van der Waals surface area contributed by atoms with Gasteiger partial charge in [-0.25, -0.2) is 10.3 Å². The molecule has 35 heteroatoms. The molecule has 0 aliphatic carbocycles. The lowest BCUT2D eigenvalue weighted by Crippen LogP contribution is -2.60. The number of aliphatic hydroxyl groups excluding tert-OH is 6. The number of amides is 9. The molecule has 11 rings (SSSR count). The fourth-order valence-corrected chi connectivity index (χ4v) is 11.9. The summed E-state index contributed by atoms with van der Waals surface area (Å²) < 4.78 is 30.5. The Morgan fingerprint density at radius 3 is 1.85 bits per heavy atom. The van der Waals surface area contributed by atoms with Gasteiger partial charge in [0, 0.05) is 24.2 Å². The standard InChI is InChI=1S/C65H73Cl2N9O24/c1-24(2)14-35(76(6)64(94)100-65(3,4)5)57(88)73-48-50(82)26-9-12-38(32(66)16-26)96-40-18-28-19-41(55(40)99-63-54(86)53(85)52(84)42(23-77)98-63)97-39-13-10-27(17-33(39)67)51(83)49-61(92)72-47(62(93)75-95-7)31-20-29(78)21-37(80)44(31)30-15-25(8-11-36(30)79)45(58(89)74-49)71-59(90)46(28)70-56(87)34(22-43(68)81)69-60(48)91/h8-13,15-21,24,34-35,42,45-54,63,77-80,82-86H,14,22-23H2,1-7H3,(H2,68,81)(H,69,91)(H,70,87)(H,71,90)(H,72,92)(H,73,88)(H,74,89)(H,75,93)/t34-,35+,42+,45+,46+,47-,48+,49-,50+,51+,52+,53-,54+,63-/m0/s1. The summed E-state index contributed by atoms with van der Waals surface area (Å²) in [4.78, 5) is 138. The topological polar surface area (TPSA) is 505 Å². The molecule has 6 aliphatic rings. The van der Waals surface area contributed by atoms with Crippen LogP contribution in [0.2, 0.25) is 10.0 Å². The van der Waals surface area contributed by atoms with Crippen LogP contribution in [0.1, 0.15) is 106 Å². The Hall–Kier alpha value is -9.81. The Morgan fingerprint density at radius 2 is 1.27 bits per heavy atom. The molecule has 0 radical (unpaired) electrons. The van der Waals surface area contributed by atoms with E-state index in [2.05, 4.69) is 31.9 Å². The van der Waals surface area contributed by atoms with Crippen LogP contribution in [-0.2, 0) is 52.7 Å². The van der Waals surface area contributed by atoms with Crippen LogP contribution in [-0.4, -0.2) is 185 Å². The van der Waals surface area contributed by atoms with Crippen LogP contribution in [0.15, 0.2) is 78.9 Å². The quantitative estimate of drug-likeness (QED) is 0.0778. The van der Waals surface area contributed by atoms with E-state index in [0.29, 0.717) is 0 Å². The van der Waals surface area contributed by atoms with E-state index >= 15 is 19.2 Å². The van der Waals surface area contributed by atoms with Crippen LogP contribution in [0, 0.1) is 5.92 Å². The average Bonchev–Trinajstić information content (AvgIpc) is 0.760. The minimum atomic E-state index is -2.35. The number of carbonyl (C=O) groups is 9. The number of likely N-dealkylation sites (N-methyl/N-ethyl adjacent to an activating group) is 1. The molecule has 1 saturated heterocycles. The number of halogens is 2. The Morgan fingerprint density at radius 1 is 0.680 bits per heavy atom. The van der Waals surface area contributed by atoms with Crippen LogP contribution in [0.5, 0.6) is 46.0 Å². The predicted molar refractivity (Wildman–Crippen MR) is 345 cm³/mol. The molecule has 0 unspecified atom stereocenters. The predicted octanol–water partition coefficient (Wildman–Crippen LogP) is 1.11. The van der Waals surface area contributed by atoms with Gasteiger partial charge in [-0.3, -0.25) is 48.1 Å². The number of phenolic OH excluding ortho intramolecular Hbond substituents is 3. The van der Waals surface area contributed by atoms with Gasteiger partial charge in [0.05, 0.1) is 30.2 Å². The zero-order valence-corrected chi connectivity index (χ0v) is 55.7. The Balaban J connectivity index is 1.30. The summed E-state index contributed by atoms with van der Waals surface area (Å²) >= 11 is 14.0. The van der Waals surface area contributed by atoms with E-state index in [1.165, 1.54) is 13.1 Å². The monoisotopic (exact) mass is 1430 g/mol. The molecule has 14 atom stereocenters. The van der Waals surface area contributed by atoms with Gasteiger partial charge in [0.25, 0.3) is 5.91 Å². The summed E-state index contributed by atoms with van der Waals surface area (Å²) in [5.74, 6) is -15.8. The molecule has 0 aromatic heterocycles. The van der Waals surface area contributed by atoms with Crippen molar-refractivity contribution in [3.05, 3.63) is 117 Å². The largest absolute Gasteiger partial charge is 0.508 e. The molecule has 5 aromatic rings. The van der Waals surface area contributed by atoms with Crippen molar-refractivity contribution in [3.8, 4) is 57.1 Å². The SMILES string of the molecule is CONC(=O)[C@H]1NC(=O)[C@H]2NC(=O)[C@H](NC(=O)[C@@H]3NC(=O)[C@H](CC(N)=O)NC(=O)[C@H](NC(=O)[C@@H](CC(C)C)N(C)C(=O)OC(C)(C)C)[C@H](O)c4ccc(c(Cl)c4)Oc4cc3cc(c4O[C@@H]3O[C@H](CO)[C@@H](O)[C@H](O)[C@H]3O)Oc3ccc(cc3Cl)[C@H]2O)c2ccc(O)c(c2)-c2c(O)cc(O)cc21. The number of aliphatic hydroxyl groups is 6. The molecular weight excluding hydrogens is 1360 g/mol. The molecule has 9 amide bonds. The minimum absolute atomic E-state index is 0.0542. The summed E-state index contributed by atoms with van der Waals surface area (Å²) in [5.41, 5.74) is 4.09. The lowest BCUT2D eigenvalue weighted by atomic mass is 9.89. The summed E-state index contributed by atoms with van der Waals surface area (Å²) in [7, 11) is 2.30. The van der Waals surface area contributed by atoms with Gasteiger partial charge in [-0.15, -0.1) is 0 Å². The number of aromatic hydroxyl groups is 3. The molecule has 0 saturated carbocycles. The second-order valence-electron chi connectivity index (χ2n) is 25.3. The molecule has 11 bridgehead atoms. The summed E-state index contributed by atoms with van der Waals surface area (Å²) in [6.07, 6.45) is -16.4. The highest BCUT2D eigenvalue weighted by atomic mass is 35.5. The maximum absolute atomic E-state index is 15.9. The molecule has 1 fully saturated rings. The molecule has 0 spiro atoms. The normalized spacial score (nSPS) is 25.0. The molecule has 33 nitrogen and oxygen atoms in total. The molecule has 100 heavy (non-hydrogen) atoms. The van der Waals surface area contributed by atoms with Crippen molar-refractivity contribution in [1.29, 1.82) is 0 Å². The minimum Gasteiger partial charge on any atom is -0.508 e. The van der Waals surface area contributed by atoms with Crippen molar-refractivity contribution in [2.75, 3.05) is 20.8 Å². The van der Waals surface area contributed by atoms with Gasteiger partial charge >= 0.3 is 6.09 Å². The molecule has 6 aliphatic heterocycles. The number of primary amides is 1. The highest BCUT2D eigenvalue weighted by molar-refractivity contribution is 6.32. The first-order valence-electron chi connectivity index (χ1n) is 30.8. The number of hydrogen-bond acceptors (Lipinski definition) is 24. The van der Waals surface area contributed by atoms with Crippen LogP contribution in [0.25, 0.3) is 11.1 Å². The Bertz CT molecular complexity index is 4040. The zero-order chi connectivity index (χ0) is 73.3. The Kier molecular flexibility index (Phi) is 22.6. The van der Waals surface area contributed by atoms with E-state index in [9.17, 15) is 69.9 Å². The van der Waals surface area contributed by atoms with Crippen molar-refractivity contribution in [2.24, 2.45) is 11.7 Å². The molecule has 536 valence electrons. The van der Waals surface area contributed by atoms with Gasteiger partial charge in [0.1, 0.15) is 113 Å². The number of nitrogens with one attached hydrogen (secondary N) is 7. The molecule has 18 N–H and O–H groups in total. The number of hydrogen-bond donors (Lipinski definition) is 17. The number of phenols is 3. The first-order chi connectivity index (χ1) is 47.1. The molecule has 5 aromatic carbocycles. The number of carbonyl (C=O) groups excluding carboxylic acids is 9. The number of nitrogens with two attached hydrogens (primary N) is 1. The summed E-state index contributed by atoms with van der Waals surface area (Å²) in [6, 6.07) is -1.05. The molecule has 6 heterocycles. The number of benzene rings is 5. The fraction of sp³-hybridized carbons (Fsp3) is 0.400. The lowest BCUT2D eigenvalue weighted by Gasteiger charge is -2.39. The van der Waals surface area contributed by atoms with Crippen LogP contribution in [0.3, 0.4) is 0 Å². The maximum Gasteiger partial charge on any atom is 0.410 e. The Labute approximate surface area is 578 Å². The smallest absolute Gasteiger partial charge is 0.410 e. The number of hydroxylamine groups is 1. The van der Waals surface area contributed by atoms with E-state index in [-0.39, 0.29) is 34.8 Å². The van der Waals surface area contributed by atoms with E-state index in [1.54, 1.807) is 34.6 Å². The van der Waals surface area contributed by atoms with Crippen molar-refractivity contribution in [2.45, 2.75) is 138 Å². The van der Waals surface area contributed by atoms with Crippen molar-refractivity contribution in [1.82, 2.24) is 42.3 Å². The number of fused-ring (bicyclic) bond motifs is 15. The highest BCUT2D eigenvalue weighted by Gasteiger charge is 2.47. The number of nitrogens with zero attached hydrogens (tertiary/aromatic N) is 1. The van der Waals surface area contributed by atoms with E-state index in [1.807, 2.05) is 5.48 Å². The molecular formula is C65H73Cl2N9O24.